The van der Waals surface area contributed by atoms with Crippen molar-refractivity contribution in [1.29, 1.82) is 0 Å². The third-order valence-corrected chi connectivity index (χ3v) is 5.11. The molecule has 0 atom stereocenters. The maximum atomic E-state index is 12.7. The predicted molar refractivity (Wildman–Crippen MR) is 90.8 cm³/mol. The number of likely N-dealkylation sites (tertiary alicyclic amines) is 1. The molecular formula is C17H22N2O3S. The van der Waals surface area contributed by atoms with Gasteiger partial charge in [-0.05, 0) is 37.3 Å². The Morgan fingerprint density at radius 1 is 1.22 bits per heavy atom. The Kier molecular flexibility index (Phi) is 5.00. The van der Waals surface area contributed by atoms with E-state index in [-0.39, 0.29) is 18.4 Å². The molecule has 5 nitrogen and oxygen atoms in total. The Hall–Kier alpha value is -1.82. The van der Waals surface area contributed by atoms with E-state index in [1.165, 1.54) is 12.8 Å². The highest BCUT2D eigenvalue weighted by Gasteiger charge is 2.22. The van der Waals surface area contributed by atoms with E-state index in [0.717, 1.165) is 36.1 Å². The molecule has 1 aliphatic heterocycles. The van der Waals surface area contributed by atoms with Crippen molar-refractivity contribution in [1.82, 2.24) is 9.47 Å². The van der Waals surface area contributed by atoms with Crippen molar-refractivity contribution in [2.24, 2.45) is 0 Å². The number of hydrogen-bond acceptors (Lipinski definition) is 4. The van der Waals surface area contributed by atoms with Gasteiger partial charge in [-0.3, -0.25) is 4.79 Å². The summed E-state index contributed by atoms with van der Waals surface area (Å²) < 4.78 is 7.95. The lowest BCUT2D eigenvalue weighted by molar-refractivity contribution is -0.131. The molecule has 0 aromatic carbocycles. The highest BCUT2D eigenvalue weighted by Crippen LogP contribution is 2.26. The maximum absolute atomic E-state index is 12.7. The summed E-state index contributed by atoms with van der Waals surface area (Å²) in [5, 5.41) is 1.98. The number of ether oxygens (including phenoxy) is 1. The van der Waals surface area contributed by atoms with E-state index in [0.29, 0.717) is 12.3 Å². The summed E-state index contributed by atoms with van der Waals surface area (Å²) in [7, 11) is 0. The summed E-state index contributed by atoms with van der Waals surface area (Å²) in [5.74, 6) is -0.277. The second-order valence-corrected chi connectivity index (χ2v) is 6.75. The van der Waals surface area contributed by atoms with E-state index in [1.807, 2.05) is 22.4 Å². The first-order chi connectivity index (χ1) is 11.2. The van der Waals surface area contributed by atoms with E-state index in [9.17, 15) is 9.59 Å². The minimum Gasteiger partial charge on any atom is -0.461 e. The van der Waals surface area contributed by atoms with Gasteiger partial charge in [0.25, 0.3) is 0 Å². The van der Waals surface area contributed by atoms with Gasteiger partial charge in [0.2, 0.25) is 5.91 Å². The van der Waals surface area contributed by atoms with Gasteiger partial charge in [0, 0.05) is 13.1 Å². The molecule has 0 bridgehead atoms. The van der Waals surface area contributed by atoms with Gasteiger partial charge in [0.15, 0.2) is 0 Å². The molecule has 0 aliphatic carbocycles. The molecule has 3 rings (SSSR count). The van der Waals surface area contributed by atoms with Crippen LogP contribution in [0.5, 0.6) is 0 Å². The van der Waals surface area contributed by atoms with Gasteiger partial charge in [-0.2, -0.15) is 0 Å². The zero-order valence-electron chi connectivity index (χ0n) is 13.4. The number of nitrogens with zero attached hydrogens (tertiary/aromatic N) is 2. The number of thiophene rings is 1. The number of fused-ring (bicyclic) bond motifs is 1. The Morgan fingerprint density at radius 2 is 1.96 bits per heavy atom. The van der Waals surface area contributed by atoms with Gasteiger partial charge in [-0.1, -0.05) is 12.8 Å². The monoisotopic (exact) mass is 334 g/mol. The third kappa shape index (κ3) is 3.42. The quantitative estimate of drug-likeness (QED) is 0.806. The van der Waals surface area contributed by atoms with Crippen LogP contribution in [0.3, 0.4) is 0 Å². The first kappa shape index (κ1) is 16.1. The molecule has 1 amide bonds. The highest BCUT2D eigenvalue weighted by atomic mass is 32.1. The lowest BCUT2D eigenvalue weighted by atomic mass is 10.2. The molecule has 6 heteroatoms. The zero-order valence-corrected chi connectivity index (χ0v) is 14.2. The van der Waals surface area contributed by atoms with E-state index in [4.69, 9.17) is 4.74 Å². The van der Waals surface area contributed by atoms with Crippen molar-refractivity contribution in [3.8, 4) is 0 Å². The maximum Gasteiger partial charge on any atom is 0.355 e. The molecule has 2 aromatic rings. The minimum absolute atomic E-state index is 0.0844. The largest absolute Gasteiger partial charge is 0.461 e. The number of carbonyl (C=O) groups excluding carboxylic acids is 2. The summed E-state index contributed by atoms with van der Waals surface area (Å²) >= 11 is 1.57. The van der Waals surface area contributed by atoms with Crippen LogP contribution in [-0.2, 0) is 16.1 Å². The summed E-state index contributed by atoms with van der Waals surface area (Å²) in [6.45, 7) is 3.96. The van der Waals surface area contributed by atoms with Crippen LogP contribution in [0.4, 0.5) is 0 Å². The molecule has 1 saturated heterocycles. The van der Waals surface area contributed by atoms with Crippen molar-refractivity contribution < 1.29 is 14.3 Å². The van der Waals surface area contributed by atoms with Crippen LogP contribution in [0.25, 0.3) is 10.2 Å². The molecule has 124 valence electrons. The first-order valence-corrected chi connectivity index (χ1v) is 9.10. The third-order valence-electron chi connectivity index (χ3n) is 4.26. The van der Waals surface area contributed by atoms with Crippen molar-refractivity contribution in [3.05, 3.63) is 23.2 Å². The first-order valence-electron chi connectivity index (χ1n) is 8.22. The van der Waals surface area contributed by atoms with Crippen LogP contribution in [0.15, 0.2) is 17.5 Å². The molecule has 1 aliphatic rings. The molecule has 2 aromatic heterocycles. The Morgan fingerprint density at radius 3 is 2.65 bits per heavy atom. The average molecular weight is 334 g/mol. The van der Waals surface area contributed by atoms with Crippen LogP contribution in [0.1, 0.15) is 43.1 Å². The van der Waals surface area contributed by atoms with E-state index >= 15 is 0 Å². The fourth-order valence-corrected chi connectivity index (χ4v) is 3.90. The predicted octanol–water partition coefficient (Wildman–Crippen LogP) is 3.28. The van der Waals surface area contributed by atoms with E-state index < -0.39 is 0 Å². The van der Waals surface area contributed by atoms with Gasteiger partial charge in [0.1, 0.15) is 12.2 Å². The van der Waals surface area contributed by atoms with Crippen molar-refractivity contribution in [2.75, 3.05) is 19.7 Å². The van der Waals surface area contributed by atoms with Gasteiger partial charge in [0.05, 0.1) is 16.8 Å². The van der Waals surface area contributed by atoms with Crippen molar-refractivity contribution >= 4 is 33.4 Å². The van der Waals surface area contributed by atoms with Crippen LogP contribution in [0.2, 0.25) is 0 Å². The van der Waals surface area contributed by atoms with Crippen molar-refractivity contribution in [2.45, 2.75) is 39.2 Å². The molecule has 3 heterocycles. The molecule has 0 spiro atoms. The molecule has 1 fully saturated rings. The Bertz CT molecular complexity index is 696. The average Bonchev–Trinajstić information content (AvgIpc) is 3.00. The number of amides is 1. The summed E-state index contributed by atoms with van der Waals surface area (Å²) in [5.41, 5.74) is 1.40. The standard InChI is InChI=1S/C17H22N2O3S/c1-2-22-17(21)14-11-15-13(7-10-23-15)19(14)12-16(20)18-8-5-3-4-6-9-18/h7,10-11H,2-6,8-9,12H2,1H3. The second-order valence-electron chi connectivity index (χ2n) is 5.80. The van der Waals surface area contributed by atoms with E-state index in [1.54, 1.807) is 22.8 Å². The molecule has 23 heavy (non-hydrogen) atoms. The summed E-state index contributed by atoms with van der Waals surface area (Å²) in [4.78, 5) is 26.8. The molecule has 0 N–H and O–H groups in total. The van der Waals surface area contributed by atoms with Crippen molar-refractivity contribution in [3.63, 3.8) is 0 Å². The number of esters is 1. The number of hydrogen-bond donors (Lipinski definition) is 0. The van der Waals surface area contributed by atoms with E-state index in [2.05, 4.69) is 0 Å². The van der Waals surface area contributed by atoms with Crippen LogP contribution < -0.4 is 0 Å². The fourth-order valence-electron chi connectivity index (χ4n) is 3.08. The zero-order chi connectivity index (χ0) is 16.2. The van der Waals surface area contributed by atoms with Gasteiger partial charge < -0.3 is 14.2 Å². The summed E-state index contributed by atoms with van der Waals surface area (Å²) in [6.07, 6.45) is 4.51. The molecule has 0 unspecified atom stereocenters. The van der Waals surface area contributed by atoms with Gasteiger partial charge in [-0.15, -0.1) is 11.3 Å². The SMILES string of the molecule is CCOC(=O)c1cc2sccc2n1CC(=O)N1CCCCCC1. The second kappa shape index (κ2) is 7.17. The number of rotatable bonds is 4. The number of aromatic nitrogens is 1. The summed E-state index contributed by atoms with van der Waals surface area (Å²) in [6, 6.07) is 3.78. The van der Waals surface area contributed by atoms with Gasteiger partial charge in [-0.25, -0.2) is 4.79 Å². The molecular weight excluding hydrogens is 312 g/mol. The smallest absolute Gasteiger partial charge is 0.355 e. The van der Waals surface area contributed by atoms with Crippen LogP contribution in [-0.4, -0.2) is 41.0 Å². The lowest BCUT2D eigenvalue weighted by Gasteiger charge is -2.21. The fraction of sp³-hybridized carbons (Fsp3) is 0.529. The van der Waals surface area contributed by atoms with Crippen LogP contribution >= 0.6 is 11.3 Å². The minimum atomic E-state index is -0.362. The molecule has 0 saturated carbocycles. The topological polar surface area (TPSA) is 51.5 Å². The highest BCUT2D eigenvalue weighted by molar-refractivity contribution is 7.17. The normalized spacial score (nSPS) is 15.6. The Labute approximate surface area is 139 Å². The number of carbonyl (C=O) groups is 2. The van der Waals surface area contributed by atoms with Gasteiger partial charge >= 0.3 is 5.97 Å². The Balaban J connectivity index is 1.85. The molecule has 0 radical (unpaired) electrons. The van der Waals surface area contributed by atoms with Crippen LogP contribution in [0, 0.1) is 0 Å². The lowest BCUT2D eigenvalue weighted by Crippen LogP contribution is -2.35.